The van der Waals surface area contributed by atoms with Crippen molar-refractivity contribution in [2.75, 3.05) is 24.5 Å². The average molecular weight is 368 g/mol. The molecule has 0 saturated carbocycles. The number of likely N-dealkylation sites (N-methyl/N-ethyl adjacent to an activating group) is 1. The van der Waals surface area contributed by atoms with Crippen molar-refractivity contribution < 1.29 is 4.79 Å². The molecule has 1 aromatic carbocycles. The molecule has 6 heteroatoms. The molecule has 27 heavy (non-hydrogen) atoms. The lowest BCUT2D eigenvalue weighted by Crippen LogP contribution is -2.38. The Kier molecular flexibility index (Phi) is 6.27. The number of para-hydroxylation sites is 1. The summed E-state index contributed by atoms with van der Waals surface area (Å²) < 4.78 is 0. The van der Waals surface area contributed by atoms with Gasteiger partial charge in [-0.2, -0.15) is 0 Å². The van der Waals surface area contributed by atoms with Crippen LogP contribution >= 0.6 is 0 Å². The maximum atomic E-state index is 12.6. The van der Waals surface area contributed by atoms with Gasteiger partial charge in [-0.05, 0) is 51.7 Å². The lowest BCUT2D eigenvalue weighted by atomic mass is 9.99. The standard InChI is InChI=1S/C21H28N4O2/c1-3-25(17-7-5-4-6-8-17)14-13-22-20(26)16-9-11-18-19(12-10-16)23-15(2)24-21(18)27/h4-8,16H,3,9-14H2,1-2H3,(H,22,26)(H,23,24,27). The number of nitrogens with one attached hydrogen (secondary N) is 2. The third kappa shape index (κ3) is 4.76. The van der Waals surface area contributed by atoms with Crippen LogP contribution in [0.1, 0.15) is 36.8 Å². The largest absolute Gasteiger partial charge is 0.370 e. The van der Waals surface area contributed by atoms with Crippen LogP contribution in [0.4, 0.5) is 5.69 Å². The van der Waals surface area contributed by atoms with Crippen LogP contribution in [-0.4, -0.2) is 35.5 Å². The van der Waals surface area contributed by atoms with E-state index in [0.717, 1.165) is 30.8 Å². The van der Waals surface area contributed by atoms with Crippen LogP contribution in [-0.2, 0) is 17.6 Å². The number of carbonyl (C=O) groups is 1. The summed E-state index contributed by atoms with van der Waals surface area (Å²) in [7, 11) is 0. The van der Waals surface area contributed by atoms with Gasteiger partial charge in [0.15, 0.2) is 0 Å². The van der Waals surface area contributed by atoms with Crippen LogP contribution in [0.5, 0.6) is 0 Å². The van der Waals surface area contributed by atoms with Crippen molar-refractivity contribution in [3.05, 3.63) is 57.8 Å². The predicted molar refractivity (Wildman–Crippen MR) is 107 cm³/mol. The zero-order valence-corrected chi connectivity index (χ0v) is 16.1. The molecule has 0 fully saturated rings. The zero-order chi connectivity index (χ0) is 19.2. The Bertz CT molecular complexity index is 832. The number of amides is 1. The van der Waals surface area contributed by atoms with E-state index in [2.05, 4.69) is 39.2 Å². The molecule has 144 valence electrons. The minimum atomic E-state index is -0.0642. The number of hydrogen-bond acceptors (Lipinski definition) is 4. The lowest BCUT2D eigenvalue weighted by Gasteiger charge is -2.24. The number of nitrogens with zero attached hydrogens (tertiary/aromatic N) is 2. The second-order valence-corrected chi connectivity index (χ2v) is 7.06. The summed E-state index contributed by atoms with van der Waals surface area (Å²) in [6.07, 6.45) is 2.73. The zero-order valence-electron chi connectivity index (χ0n) is 16.1. The monoisotopic (exact) mass is 368 g/mol. The summed E-state index contributed by atoms with van der Waals surface area (Å²) in [6.45, 7) is 6.20. The highest BCUT2D eigenvalue weighted by atomic mass is 16.2. The molecule has 2 N–H and O–H groups in total. The van der Waals surface area contributed by atoms with Crippen LogP contribution in [0.2, 0.25) is 0 Å². The van der Waals surface area contributed by atoms with Crippen molar-refractivity contribution in [3.63, 3.8) is 0 Å². The lowest BCUT2D eigenvalue weighted by molar-refractivity contribution is -0.125. The van der Waals surface area contributed by atoms with Gasteiger partial charge < -0.3 is 15.2 Å². The summed E-state index contributed by atoms with van der Waals surface area (Å²) in [5, 5.41) is 3.08. The van der Waals surface area contributed by atoms with Gasteiger partial charge in [0.05, 0.1) is 5.69 Å². The molecule has 0 saturated heterocycles. The van der Waals surface area contributed by atoms with E-state index in [9.17, 15) is 9.59 Å². The van der Waals surface area contributed by atoms with Crippen LogP contribution < -0.4 is 15.8 Å². The molecule has 1 amide bonds. The molecule has 0 bridgehead atoms. The first-order valence-electron chi connectivity index (χ1n) is 9.75. The number of rotatable bonds is 6. The van der Waals surface area contributed by atoms with E-state index in [4.69, 9.17) is 0 Å². The second kappa shape index (κ2) is 8.84. The van der Waals surface area contributed by atoms with Gasteiger partial charge in [-0.15, -0.1) is 0 Å². The fourth-order valence-electron chi connectivity index (χ4n) is 3.74. The van der Waals surface area contributed by atoms with Crippen LogP contribution in [0.3, 0.4) is 0 Å². The van der Waals surface area contributed by atoms with Crippen molar-refractivity contribution in [1.29, 1.82) is 0 Å². The van der Waals surface area contributed by atoms with E-state index in [1.807, 2.05) is 18.2 Å². The molecule has 2 aromatic rings. The maximum Gasteiger partial charge on any atom is 0.254 e. The highest BCUT2D eigenvalue weighted by Gasteiger charge is 2.24. The minimum absolute atomic E-state index is 0.0555. The quantitative estimate of drug-likeness (QED) is 0.767. The minimum Gasteiger partial charge on any atom is -0.370 e. The summed E-state index contributed by atoms with van der Waals surface area (Å²) >= 11 is 0. The van der Waals surface area contributed by atoms with Crippen molar-refractivity contribution in [2.45, 2.75) is 39.5 Å². The highest BCUT2D eigenvalue weighted by Crippen LogP contribution is 2.21. The molecule has 1 heterocycles. The first-order valence-corrected chi connectivity index (χ1v) is 9.75. The Labute approximate surface area is 160 Å². The molecule has 3 rings (SSSR count). The van der Waals surface area contributed by atoms with Crippen molar-refractivity contribution in [2.24, 2.45) is 5.92 Å². The molecule has 1 atom stereocenters. The molecule has 1 unspecified atom stereocenters. The normalized spacial score (nSPS) is 16.3. The van der Waals surface area contributed by atoms with Gasteiger partial charge in [-0.1, -0.05) is 18.2 Å². The molecule has 1 aliphatic carbocycles. The number of anilines is 1. The number of hydrogen-bond donors (Lipinski definition) is 2. The van der Waals surface area contributed by atoms with Gasteiger partial charge in [-0.25, -0.2) is 4.98 Å². The molecular weight excluding hydrogens is 340 g/mol. The number of aromatic amines is 1. The van der Waals surface area contributed by atoms with Gasteiger partial charge in [0.2, 0.25) is 5.91 Å². The molecule has 6 nitrogen and oxygen atoms in total. The molecule has 1 aliphatic rings. The highest BCUT2D eigenvalue weighted by molar-refractivity contribution is 5.78. The first-order chi connectivity index (χ1) is 13.1. The number of H-pyrrole nitrogens is 1. The van der Waals surface area contributed by atoms with Gasteiger partial charge in [0, 0.05) is 36.8 Å². The van der Waals surface area contributed by atoms with E-state index in [-0.39, 0.29) is 17.4 Å². The van der Waals surface area contributed by atoms with Crippen LogP contribution in [0, 0.1) is 12.8 Å². The fraction of sp³-hybridized carbons (Fsp3) is 0.476. The summed E-state index contributed by atoms with van der Waals surface area (Å²) in [5.74, 6) is 0.660. The summed E-state index contributed by atoms with van der Waals surface area (Å²) in [5.41, 5.74) is 2.71. The van der Waals surface area contributed by atoms with E-state index < -0.39 is 0 Å². The number of carbonyl (C=O) groups excluding carboxylic acids is 1. The van der Waals surface area contributed by atoms with E-state index in [1.54, 1.807) is 6.92 Å². The number of aryl methyl sites for hydroxylation is 2. The van der Waals surface area contributed by atoms with Gasteiger partial charge >= 0.3 is 0 Å². The van der Waals surface area contributed by atoms with E-state index in [0.29, 0.717) is 31.6 Å². The van der Waals surface area contributed by atoms with E-state index >= 15 is 0 Å². The molecule has 0 radical (unpaired) electrons. The SMILES string of the molecule is CCN(CCNC(=O)C1CCc2nc(C)[nH]c(=O)c2CC1)c1ccccc1. The maximum absolute atomic E-state index is 12.6. The molecule has 1 aromatic heterocycles. The smallest absolute Gasteiger partial charge is 0.254 e. The Hall–Kier alpha value is -2.63. The molecule has 0 aliphatic heterocycles. The molecular formula is C21H28N4O2. The Morgan fingerprint density at radius 2 is 2.00 bits per heavy atom. The Balaban J connectivity index is 1.53. The van der Waals surface area contributed by atoms with Crippen molar-refractivity contribution in [3.8, 4) is 0 Å². The van der Waals surface area contributed by atoms with Crippen molar-refractivity contribution >= 4 is 11.6 Å². The molecule has 0 spiro atoms. The van der Waals surface area contributed by atoms with Gasteiger partial charge in [0.1, 0.15) is 5.82 Å². The fourth-order valence-corrected chi connectivity index (χ4v) is 3.74. The third-order valence-corrected chi connectivity index (χ3v) is 5.25. The van der Waals surface area contributed by atoms with E-state index in [1.165, 1.54) is 5.69 Å². The number of benzene rings is 1. The van der Waals surface area contributed by atoms with Gasteiger partial charge in [-0.3, -0.25) is 9.59 Å². The third-order valence-electron chi connectivity index (χ3n) is 5.25. The first kappa shape index (κ1) is 19.1. The summed E-state index contributed by atoms with van der Waals surface area (Å²) in [4.78, 5) is 34.2. The second-order valence-electron chi connectivity index (χ2n) is 7.06. The van der Waals surface area contributed by atoms with Crippen LogP contribution in [0.25, 0.3) is 0 Å². The van der Waals surface area contributed by atoms with Gasteiger partial charge in [0.25, 0.3) is 5.56 Å². The topological polar surface area (TPSA) is 78.1 Å². The Morgan fingerprint density at radius 3 is 2.74 bits per heavy atom. The average Bonchev–Trinajstić information content (AvgIpc) is 2.88. The van der Waals surface area contributed by atoms with Crippen LogP contribution in [0.15, 0.2) is 35.1 Å². The number of fused-ring (bicyclic) bond motifs is 1. The Morgan fingerprint density at radius 1 is 1.26 bits per heavy atom. The summed E-state index contributed by atoms with van der Waals surface area (Å²) in [6, 6.07) is 10.2. The predicted octanol–water partition coefficient (Wildman–Crippen LogP) is 2.22. The number of aromatic nitrogens is 2. The van der Waals surface area contributed by atoms with Crippen molar-refractivity contribution in [1.82, 2.24) is 15.3 Å².